The zero-order valence-corrected chi connectivity index (χ0v) is 11.0. The summed E-state index contributed by atoms with van der Waals surface area (Å²) in [7, 11) is 0. The van der Waals surface area contributed by atoms with Crippen molar-refractivity contribution in [3.63, 3.8) is 0 Å². The van der Waals surface area contributed by atoms with Crippen molar-refractivity contribution < 1.29 is 0 Å². The Morgan fingerprint density at radius 1 is 0.944 bits per heavy atom. The van der Waals surface area contributed by atoms with Crippen LogP contribution in [0, 0.1) is 13.8 Å². The SMILES string of the molecule is Cc1ccccc1C1NCCc2cccc(C)c21. The summed E-state index contributed by atoms with van der Waals surface area (Å²) in [6.07, 6.45) is 1.14. The Kier molecular flexibility index (Phi) is 2.92. The molecule has 0 saturated carbocycles. The Morgan fingerprint density at radius 2 is 1.72 bits per heavy atom. The molecule has 1 N–H and O–H groups in total. The molecule has 1 atom stereocenters. The van der Waals surface area contributed by atoms with E-state index in [2.05, 4.69) is 61.6 Å². The summed E-state index contributed by atoms with van der Waals surface area (Å²) in [6, 6.07) is 15.7. The van der Waals surface area contributed by atoms with Crippen LogP contribution in [-0.4, -0.2) is 6.54 Å². The van der Waals surface area contributed by atoms with Crippen LogP contribution in [0.1, 0.15) is 33.9 Å². The summed E-state index contributed by atoms with van der Waals surface area (Å²) >= 11 is 0. The van der Waals surface area contributed by atoms with Crippen molar-refractivity contribution >= 4 is 0 Å². The van der Waals surface area contributed by atoms with Gasteiger partial charge in [-0.1, -0.05) is 42.5 Å². The summed E-state index contributed by atoms with van der Waals surface area (Å²) < 4.78 is 0. The van der Waals surface area contributed by atoms with Crippen LogP contribution in [0.4, 0.5) is 0 Å². The number of fused-ring (bicyclic) bond motifs is 1. The molecular formula is C17H19N. The molecule has 0 aromatic heterocycles. The van der Waals surface area contributed by atoms with E-state index in [1.54, 1.807) is 0 Å². The van der Waals surface area contributed by atoms with Gasteiger partial charge in [0.15, 0.2) is 0 Å². The zero-order valence-electron chi connectivity index (χ0n) is 11.0. The number of hydrogen-bond donors (Lipinski definition) is 1. The first-order valence-electron chi connectivity index (χ1n) is 6.64. The maximum Gasteiger partial charge on any atom is 0.0584 e. The van der Waals surface area contributed by atoms with Crippen molar-refractivity contribution in [2.24, 2.45) is 0 Å². The highest BCUT2D eigenvalue weighted by atomic mass is 14.9. The standard InChI is InChI=1S/C17H19N/c1-12-6-3-4-9-15(12)17-16-13(2)7-5-8-14(16)10-11-18-17/h3-9,17-18H,10-11H2,1-2H3. The highest BCUT2D eigenvalue weighted by Crippen LogP contribution is 2.32. The van der Waals surface area contributed by atoms with Gasteiger partial charge >= 0.3 is 0 Å². The van der Waals surface area contributed by atoms with Gasteiger partial charge in [-0.3, -0.25) is 0 Å². The monoisotopic (exact) mass is 237 g/mol. The third kappa shape index (κ3) is 1.85. The predicted molar refractivity (Wildman–Crippen MR) is 75.9 cm³/mol. The molecule has 1 heterocycles. The van der Waals surface area contributed by atoms with Crippen molar-refractivity contribution in [3.8, 4) is 0 Å². The van der Waals surface area contributed by atoms with E-state index in [0.29, 0.717) is 6.04 Å². The average Bonchev–Trinajstić information content (AvgIpc) is 2.39. The minimum atomic E-state index is 0.358. The fraction of sp³-hybridized carbons (Fsp3) is 0.294. The molecule has 0 saturated heterocycles. The third-order valence-corrected chi connectivity index (χ3v) is 3.95. The van der Waals surface area contributed by atoms with Crippen LogP contribution in [-0.2, 0) is 6.42 Å². The summed E-state index contributed by atoms with van der Waals surface area (Å²) in [5.74, 6) is 0. The van der Waals surface area contributed by atoms with Crippen LogP contribution in [0.5, 0.6) is 0 Å². The van der Waals surface area contributed by atoms with Crippen molar-refractivity contribution in [2.75, 3.05) is 6.54 Å². The molecule has 1 unspecified atom stereocenters. The molecule has 0 bridgehead atoms. The van der Waals surface area contributed by atoms with E-state index in [9.17, 15) is 0 Å². The highest BCUT2D eigenvalue weighted by Gasteiger charge is 2.23. The predicted octanol–water partition coefficient (Wildman–Crippen LogP) is 3.54. The van der Waals surface area contributed by atoms with Gasteiger partial charge in [0.1, 0.15) is 0 Å². The molecule has 0 radical (unpaired) electrons. The molecule has 0 spiro atoms. The molecule has 0 fully saturated rings. The molecule has 1 nitrogen and oxygen atoms in total. The van der Waals surface area contributed by atoms with E-state index < -0.39 is 0 Å². The Morgan fingerprint density at radius 3 is 2.56 bits per heavy atom. The second-order valence-corrected chi connectivity index (χ2v) is 5.14. The van der Waals surface area contributed by atoms with Gasteiger partial charge in [0, 0.05) is 6.54 Å². The molecule has 0 amide bonds. The third-order valence-electron chi connectivity index (χ3n) is 3.95. The molecule has 3 rings (SSSR count). The topological polar surface area (TPSA) is 12.0 Å². The Hall–Kier alpha value is -1.60. The Labute approximate surface area is 109 Å². The van der Waals surface area contributed by atoms with Crippen LogP contribution in [0.15, 0.2) is 42.5 Å². The van der Waals surface area contributed by atoms with Crippen molar-refractivity contribution in [1.82, 2.24) is 5.32 Å². The molecule has 1 aliphatic rings. The van der Waals surface area contributed by atoms with E-state index in [0.717, 1.165) is 13.0 Å². The smallest absolute Gasteiger partial charge is 0.0584 e. The second-order valence-electron chi connectivity index (χ2n) is 5.14. The molecule has 2 aromatic rings. The summed E-state index contributed by atoms with van der Waals surface area (Å²) in [5, 5.41) is 3.67. The van der Waals surface area contributed by atoms with Gasteiger partial charge in [0.25, 0.3) is 0 Å². The molecular weight excluding hydrogens is 218 g/mol. The van der Waals surface area contributed by atoms with Crippen LogP contribution in [0.3, 0.4) is 0 Å². The number of nitrogens with one attached hydrogen (secondary N) is 1. The maximum absolute atomic E-state index is 3.67. The van der Waals surface area contributed by atoms with Gasteiger partial charge in [-0.2, -0.15) is 0 Å². The van der Waals surface area contributed by atoms with E-state index in [-0.39, 0.29) is 0 Å². The minimum absolute atomic E-state index is 0.358. The number of benzene rings is 2. The highest BCUT2D eigenvalue weighted by molar-refractivity contribution is 5.46. The van der Waals surface area contributed by atoms with E-state index in [1.165, 1.54) is 27.8 Å². The lowest BCUT2D eigenvalue weighted by Gasteiger charge is -2.30. The van der Waals surface area contributed by atoms with Crippen LogP contribution < -0.4 is 5.32 Å². The lowest BCUT2D eigenvalue weighted by Crippen LogP contribution is -2.31. The molecule has 1 aliphatic heterocycles. The van der Waals surface area contributed by atoms with Crippen LogP contribution >= 0.6 is 0 Å². The minimum Gasteiger partial charge on any atom is -0.306 e. The number of rotatable bonds is 1. The summed E-state index contributed by atoms with van der Waals surface area (Å²) in [4.78, 5) is 0. The van der Waals surface area contributed by atoms with Crippen LogP contribution in [0.25, 0.3) is 0 Å². The van der Waals surface area contributed by atoms with Gasteiger partial charge in [-0.15, -0.1) is 0 Å². The van der Waals surface area contributed by atoms with Crippen LogP contribution in [0.2, 0.25) is 0 Å². The molecule has 1 heteroatoms. The second kappa shape index (κ2) is 4.58. The summed E-state index contributed by atoms with van der Waals surface area (Å²) in [6.45, 7) is 5.48. The van der Waals surface area contributed by atoms with Gasteiger partial charge in [-0.25, -0.2) is 0 Å². The maximum atomic E-state index is 3.67. The first kappa shape index (κ1) is 11.5. The number of aryl methyl sites for hydroxylation is 2. The molecule has 92 valence electrons. The quantitative estimate of drug-likeness (QED) is 0.800. The lowest BCUT2D eigenvalue weighted by molar-refractivity contribution is 0.563. The van der Waals surface area contributed by atoms with Gasteiger partial charge in [-0.05, 0) is 48.1 Å². The first-order chi connectivity index (χ1) is 8.77. The fourth-order valence-corrected chi connectivity index (χ4v) is 3.00. The Bertz CT molecular complexity index is 572. The zero-order chi connectivity index (χ0) is 12.5. The van der Waals surface area contributed by atoms with Crippen molar-refractivity contribution in [3.05, 3.63) is 70.3 Å². The van der Waals surface area contributed by atoms with E-state index in [1.807, 2.05) is 0 Å². The van der Waals surface area contributed by atoms with Crippen molar-refractivity contribution in [2.45, 2.75) is 26.3 Å². The normalized spacial score (nSPS) is 18.4. The van der Waals surface area contributed by atoms with Crippen molar-refractivity contribution in [1.29, 1.82) is 0 Å². The molecule has 0 aliphatic carbocycles. The molecule has 2 aromatic carbocycles. The van der Waals surface area contributed by atoms with Gasteiger partial charge < -0.3 is 5.32 Å². The lowest BCUT2D eigenvalue weighted by atomic mass is 9.85. The molecule has 18 heavy (non-hydrogen) atoms. The largest absolute Gasteiger partial charge is 0.306 e. The first-order valence-corrected chi connectivity index (χ1v) is 6.64. The summed E-state index contributed by atoms with van der Waals surface area (Å²) in [5.41, 5.74) is 7.16. The Balaban J connectivity index is 2.15. The van der Waals surface area contributed by atoms with Gasteiger partial charge in [0.05, 0.1) is 6.04 Å². The number of hydrogen-bond acceptors (Lipinski definition) is 1. The fourth-order valence-electron chi connectivity index (χ4n) is 3.00. The van der Waals surface area contributed by atoms with Gasteiger partial charge in [0.2, 0.25) is 0 Å². The average molecular weight is 237 g/mol. The van der Waals surface area contributed by atoms with E-state index in [4.69, 9.17) is 0 Å². The van der Waals surface area contributed by atoms with E-state index >= 15 is 0 Å².